The molecule has 1 unspecified atom stereocenters. The number of fused-ring (bicyclic) bond motifs is 1. The Morgan fingerprint density at radius 1 is 0.912 bits per heavy atom. The quantitative estimate of drug-likeness (QED) is 0.401. The molecule has 0 bridgehead atoms. The summed E-state index contributed by atoms with van der Waals surface area (Å²) in [5.74, 6) is -0.345. The molecule has 1 aromatic heterocycles. The van der Waals surface area contributed by atoms with Gasteiger partial charge in [0.1, 0.15) is 5.82 Å². The Morgan fingerprint density at radius 2 is 1.65 bits per heavy atom. The van der Waals surface area contributed by atoms with Crippen molar-refractivity contribution < 1.29 is 9.18 Å². The van der Waals surface area contributed by atoms with Crippen LogP contribution >= 0.6 is 0 Å². The maximum Gasteiger partial charge on any atom is 0.223 e. The van der Waals surface area contributed by atoms with Gasteiger partial charge in [0.2, 0.25) is 5.91 Å². The van der Waals surface area contributed by atoms with Crippen molar-refractivity contribution in [3.8, 4) is 0 Å². The van der Waals surface area contributed by atoms with Crippen LogP contribution in [0.15, 0.2) is 85.1 Å². The second-order valence-electron chi connectivity index (χ2n) is 9.17. The smallest absolute Gasteiger partial charge is 0.223 e. The van der Waals surface area contributed by atoms with Gasteiger partial charge in [0.25, 0.3) is 0 Å². The number of nitrogens with zero attached hydrogens (tertiary/aromatic N) is 3. The molecule has 5 heteroatoms. The van der Waals surface area contributed by atoms with Crippen molar-refractivity contribution in [2.24, 2.45) is 7.05 Å². The molecule has 0 N–H and O–H groups in total. The Bertz CT molecular complexity index is 1280. The van der Waals surface area contributed by atoms with Gasteiger partial charge in [-0.1, -0.05) is 60.7 Å². The lowest BCUT2D eigenvalue weighted by atomic mass is 9.87. The Balaban J connectivity index is 1.34. The van der Waals surface area contributed by atoms with Gasteiger partial charge in [-0.05, 0) is 34.9 Å². The van der Waals surface area contributed by atoms with Crippen LogP contribution in [0.4, 0.5) is 4.39 Å². The van der Waals surface area contributed by atoms with E-state index in [9.17, 15) is 9.18 Å². The van der Waals surface area contributed by atoms with Crippen LogP contribution in [0.5, 0.6) is 0 Å². The summed E-state index contributed by atoms with van der Waals surface area (Å²) in [7, 11) is 2.02. The second kappa shape index (κ2) is 9.82. The fourth-order valence-electron chi connectivity index (χ4n) is 5.08. The Labute approximate surface area is 200 Å². The highest BCUT2D eigenvalue weighted by Crippen LogP contribution is 2.35. The Kier molecular flexibility index (Phi) is 6.45. The standard InChI is InChI=1S/C29H30FN3O/c1-31-21-27(25-12-5-6-13-28(25)31)26(23-10-7-11-24(30)18-23)19-29(34)33-16-14-32(15-17-33)20-22-8-3-2-4-9-22/h2-13,18,21,26H,14-17,19-20H2,1H3. The van der Waals surface area contributed by atoms with Gasteiger partial charge in [-0.2, -0.15) is 0 Å². The molecule has 3 aromatic carbocycles. The predicted octanol–water partition coefficient (Wildman–Crippen LogP) is 5.18. The minimum Gasteiger partial charge on any atom is -0.350 e. The molecule has 1 aliphatic heterocycles. The van der Waals surface area contributed by atoms with E-state index in [-0.39, 0.29) is 17.6 Å². The molecule has 1 aliphatic rings. The maximum absolute atomic E-state index is 14.2. The van der Waals surface area contributed by atoms with Gasteiger partial charge in [-0.3, -0.25) is 9.69 Å². The van der Waals surface area contributed by atoms with Gasteiger partial charge in [0, 0.05) is 69.2 Å². The fraction of sp³-hybridized carbons (Fsp3) is 0.276. The number of hydrogen-bond acceptors (Lipinski definition) is 2. The molecule has 0 spiro atoms. The van der Waals surface area contributed by atoms with Crippen molar-refractivity contribution in [1.29, 1.82) is 0 Å². The number of piperazine rings is 1. The molecule has 1 fully saturated rings. The van der Waals surface area contributed by atoms with Crippen molar-refractivity contribution in [2.45, 2.75) is 18.9 Å². The van der Waals surface area contributed by atoms with Crippen LogP contribution in [0.1, 0.15) is 29.0 Å². The zero-order valence-corrected chi connectivity index (χ0v) is 19.5. The molecule has 1 amide bonds. The first-order valence-electron chi connectivity index (χ1n) is 11.9. The lowest BCUT2D eigenvalue weighted by Gasteiger charge is -2.35. The van der Waals surface area contributed by atoms with Crippen molar-refractivity contribution in [2.75, 3.05) is 26.2 Å². The number of carbonyl (C=O) groups is 1. The number of rotatable bonds is 6. The van der Waals surface area contributed by atoms with Crippen LogP contribution in [-0.4, -0.2) is 46.5 Å². The normalized spacial score (nSPS) is 15.5. The topological polar surface area (TPSA) is 28.5 Å². The highest BCUT2D eigenvalue weighted by atomic mass is 19.1. The third kappa shape index (κ3) is 4.75. The first-order chi connectivity index (χ1) is 16.6. The van der Waals surface area contributed by atoms with Crippen molar-refractivity contribution in [3.63, 3.8) is 0 Å². The molecule has 1 atom stereocenters. The number of hydrogen-bond donors (Lipinski definition) is 0. The van der Waals surface area contributed by atoms with Crippen LogP contribution in [0.3, 0.4) is 0 Å². The van der Waals surface area contributed by atoms with E-state index in [1.807, 2.05) is 36.2 Å². The molecular formula is C29H30FN3O. The van der Waals surface area contributed by atoms with E-state index in [4.69, 9.17) is 0 Å². The summed E-state index contributed by atoms with van der Waals surface area (Å²) in [5.41, 5.74) is 4.32. The van der Waals surface area contributed by atoms with Gasteiger partial charge in [-0.15, -0.1) is 0 Å². The molecule has 0 radical (unpaired) electrons. The van der Waals surface area contributed by atoms with E-state index < -0.39 is 0 Å². The molecule has 0 saturated carbocycles. The summed E-state index contributed by atoms with van der Waals surface area (Å²) >= 11 is 0. The SMILES string of the molecule is Cn1cc(C(CC(=O)N2CCN(Cc3ccccc3)CC2)c2cccc(F)c2)c2ccccc21. The molecule has 1 saturated heterocycles. The molecular weight excluding hydrogens is 425 g/mol. The fourth-order valence-corrected chi connectivity index (χ4v) is 5.08. The molecule has 5 rings (SSSR count). The molecule has 0 aliphatic carbocycles. The summed E-state index contributed by atoms with van der Waals surface area (Å²) in [6.07, 6.45) is 2.42. The minimum atomic E-state index is -0.273. The van der Waals surface area contributed by atoms with E-state index in [1.165, 1.54) is 11.6 Å². The van der Waals surface area contributed by atoms with E-state index in [1.54, 1.807) is 12.1 Å². The molecule has 2 heterocycles. The zero-order valence-electron chi connectivity index (χ0n) is 19.5. The number of benzene rings is 3. The number of para-hydroxylation sites is 1. The van der Waals surface area contributed by atoms with Gasteiger partial charge >= 0.3 is 0 Å². The monoisotopic (exact) mass is 455 g/mol. The minimum absolute atomic E-state index is 0.126. The van der Waals surface area contributed by atoms with E-state index >= 15 is 0 Å². The summed E-state index contributed by atoms with van der Waals surface area (Å²) < 4.78 is 16.3. The second-order valence-corrected chi connectivity index (χ2v) is 9.17. The first-order valence-corrected chi connectivity index (χ1v) is 11.9. The Hall–Kier alpha value is -3.44. The molecule has 34 heavy (non-hydrogen) atoms. The van der Waals surface area contributed by atoms with E-state index in [0.29, 0.717) is 6.42 Å². The number of carbonyl (C=O) groups excluding carboxylic acids is 1. The van der Waals surface area contributed by atoms with Crippen LogP contribution in [0, 0.1) is 5.82 Å². The van der Waals surface area contributed by atoms with E-state index in [0.717, 1.165) is 54.8 Å². The number of aryl methyl sites for hydroxylation is 1. The van der Waals surface area contributed by atoms with Crippen LogP contribution < -0.4 is 0 Å². The zero-order chi connectivity index (χ0) is 23.5. The molecule has 4 nitrogen and oxygen atoms in total. The van der Waals surface area contributed by atoms with Crippen LogP contribution in [-0.2, 0) is 18.4 Å². The van der Waals surface area contributed by atoms with Crippen molar-refractivity contribution in [1.82, 2.24) is 14.4 Å². The average Bonchev–Trinajstić information content (AvgIpc) is 3.20. The summed E-state index contributed by atoms with van der Waals surface area (Å²) in [6, 6.07) is 25.3. The summed E-state index contributed by atoms with van der Waals surface area (Å²) in [5, 5.41) is 1.11. The van der Waals surface area contributed by atoms with Gasteiger partial charge in [0.15, 0.2) is 0 Å². The van der Waals surface area contributed by atoms with Crippen LogP contribution in [0.25, 0.3) is 10.9 Å². The van der Waals surface area contributed by atoms with E-state index in [2.05, 4.69) is 52.1 Å². The molecule has 4 aromatic rings. The van der Waals surface area contributed by atoms with Gasteiger partial charge < -0.3 is 9.47 Å². The highest BCUT2D eigenvalue weighted by Gasteiger charge is 2.27. The van der Waals surface area contributed by atoms with Gasteiger partial charge in [-0.25, -0.2) is 4.39 Å². The average molecular weight is 456 g/mol. The molecule has 174 valence electrons. The lowest BCUT2D eigenvalue weighted by molar-refractivity contribution is -0.133. The van der Waals surface area contributed by atoms with Gasteiger partial charge in [0.05, 0.1) is 0 Å². The van der Waals surface area contributed by atoms with Crippen molar-refractivity contribution >= 4 is 16.8 Å². The third-order valence-electron chi connectivity index (χ3n) is 6.91. The summed E-state index contributed by atoms with van der Waals surface area (Å²) in [4.78, 5) is 17.8. The van der Waals surface area contributed by atoms with Crippen molar-refractivity contribution in [3.05, 3.63) is 108 Å². The first kappa shape index (κ1) is 22.4. The number of aromatic nitrogens is 1. The number of amides is 1. The maximum atomic E-state index is 14.2. The van der Waals surface area contributed by atoms with Crippen LogP contribution in [0.2, 0.25) is 0 Å². The highest BCUT2D eigenvalue weighted by molar-refractivity contribution is 5.86. The Morgan fingerprint density at radius 3 is 2.41 bits per heavy atom. The lowest BCUT2D eigenvalue weighted by Crippen LogP contribution is -2.48. The third-order valence-corrected chi connectivity index (χ3v) is 6.91. The summed E-state index contributed by atoms with van der Waals surface area (Å²) in [6.45, 7) is 4.07. The predicted molar refractivity (Wildman–Crippen MR) is 134 cm³/mol. The number of halogens is 1. The largest absolute Gasteiger partial charge is 0.350 e.